The van der Waals surface area contributed by atoms with Crippen LogP contribution in [0.4, 0.5) is 0 Å². The Morgan fingerprint density at radius 3 is 1.52 bits per heavy atom. The van der Waals surface area contributed by atoms with Crippen molar-refractivity contribution in [3.8, 4) is 67.5 Å². The number of ether oxygens (including phenoxy) is 2. The van der Waals surface area contributed by atoms with Gasteiger partial charge in [-0.15, -0.1) is 0 Å². The van der Waals surface area contributed by atoms with E-state index in [0.717, 1.165) is 45.1 Å². The van der Waals surface area contributed by atoms with Gasteiger partial charge in [-0.25, -0.2) is 0 Å². The van der Waals surface area contributed by atoms with Gasteiger partial charge < -0.3 is 9.47 Å². The smallest absolute Gasteiger partial charge is 0.135 e. The molecule has 11 aromatic rings. The molecule has 2 aliphatic rings. The molecule has 2 heterocycles. The van der Waals surface area contributed by atoms with Gasteiger partial charge in [-0.05, 0) is 102 Å². The third-order valence-electron chi connectivity index (χ3n) is 13.0. The van der Waals surface area contributed by atoms with Crippen LogP contribution in [0.1, 0.15) is 0 Å². The molecule has 0 saturated heterocycles. The van der Waals surface area contributed by atoms with Crippen LogP contribution in [-0.4, -0.2) is 8.80 Å². The highest BCUT2D eigenvalue weighted by Gasteiger charge is 2.27. The molecule has 3 heteroatoms. The van der Waals surface area contributed by atoms with E-state index in [-0.39, 0.29) is 0 Å². The minimum Gasteiger partial charge on any atom is -0.456 e. The van der Waals surface area contributed by atoms with E-state index >= 15 is 0 Å². The normalized spacial score (nSPS) is 12.3. The van der Waals surface area contributed by atoms with Crippen molar-refractivity contribution in [2.75, 3.05) is 0 Å². The molecule has 284 valence electrons. The molecule has 0 saturated carbocycles. The Balaban J connectivity index is 0.999. The Kier molecular flexibility index (Phi) is 7.51. The number of benzene rings is 11. The highest BCUT2D eigenvalue weighted by atomic mass is 28.3. The van der Waals surface area contributed by atoms with Crippen LogP contribution in [0.25, 0.3) is 87.6 Å². The summed E-state index contributed by atoms with van der Waals surface area (Å²) in [4.78, 5) is 0. The van der Waals surface area contributed by atoms with Crippen LogP contribution in [0.5, 0.6) is 23.0 Å². The highest BCUT2D eigenvalue weighted by molar-refractivity contribution is 6.95. The molecule has 0 N–H and O–H groups in total. The molecule has 0 aromatic heterocycles. The fraction of sp³-hybridized carbons (Fsp3) is 0. The lowest BCUT2D eigenvalue weighted by Gasteiger charge is -2.26. The highest BCUT2D eigenvalue weighted by Crippen LogP contribution is 2.53. The second kappa shape index (κ2) is 13.4. The molecule has 0 amide bonds. The van der Waals surface area contributed by atoms with Crippen molar-refractivity contribution < 1.29 is 9.47 Å². The summed E-state index contributed by atoms with van der Waals surface area (Å²) in [5, 5.41) is 13.7. The van der Waals surface area contributed by atoms with Crippen molar-refractivity contribution >= 4 is 67.4 Å². The molecule has 0 spiro atoms. The second-order valence-electron chi connectivity index (χ2n) is 16.3. The molecule has 0 aliphatic carbocycles. The first-order chi connectivity index (χ1) is 30.3. The molecule has 0 unspecified atom stereocenters. The van der Waals surface area contributed by atoms with Gasteiger partial charge in [0.1, 0.15) is 31.8 Å². The fourth-order valence-corrected chi connectivity index (χ4v) is 13.4. The molecule has 0 atom stereocenters. The molecular weight excluding hydrogens is 757 g/mol. The average Bonchev–Trinajstić information content (AvgIpc) is 3.32. The number of hydrogen-bond donors (Lipinski definition) is 0. The predicted molar refractivity (Wildman–Crippen MR) is 257 cm³/mol. The minimum atomic E-state index is -1.76. The topological polar surface area (TPSA) is 18.5 Å². The summed E-state index contributed by atoms with van der Waals surface area (Å²) in [7, 11) is -1.76. The van der Waals surface area contributed by atoms with Gasteiger partial charge in [0.25, 0.3) is 0 Å². The Morgan fingerprint density at radius 1 is 0.279 bits per heavy atom. The summed E-state index contributed by atoms with van der Waals surface area (Å²) in [6.07, 6.45) is 0. The zero-order valence-corrected chi connectivity index (χ0v) is 34.3. The molecule has 2 aliphatic heterocycles. The van der Waals surface area contributed by atoms with Gasteiger partial charge in [0, 0.05) is 21.9 Å². The monoisotopic (exact) mass is 792 g/mol. The molecule has 0 radical (unpaired) electrons. The van der Waals surface area contributed by atoms with Gasteiger partial charge >= 0.3 is 0 Å². The molecule has 11 aromatic carbocycles. The first-order valence-corrected chi connectivity index (χ1v) is 22.8. The van der Waals surface area contributed by atoms with E-state index in [1.54, 1.807) is 0 Å². The summed E-state index contributed by atoms with van der Waals surface area (Å²) >= 11 is 0. The first-order valence-electron chi connectivity index (χ1n) is 21.0. The number of fused-ring (bicyclic) bond motifs is 6. The quantitative estimate of drug-likeness (QED) is 0.0982. The summed E-state index contributed by atoms with van der Waals surface area (Å²) in [5.41, 5.74) is 9.47. The summed E-state index contributed by atoms with van der Waals surface area (Å²) in [5.74, 6) is 3.59. The van der Waals surface area contributed by atoms with E-state index in [0.29, 0.717) is 0 Å². The summed E-state index contributed by atoms with van der Waals surface area (Å²) in [6.45, 7) is 0. The zero-order valence-electron chi connectivity index (χ0n) is 33.1. The SMILES string of the molecule is c1ccc([SiH](c2ccccc2)c2ccc3c(c2)-c2cccc4c(-c5c6ccccc6c(-c6ccc7c(c6)Oc6cccc8cccc-7c68)c6ccccc56)ccc(c24)O3)cc1. The van der Waals surface area contributed by atoms with Crippen LogP contribution < -0.4 is 25.0 Å². The van der Waals surface area contributed by atoms with E-state index in [1.165, 1.54) is 81.1 Å². The first kappa shape index (κ1) is 34.2. The summed E-state index contributed by atoms with van der Waals surface area (Å²) in [6, 6.07) is 77.6. The lowest BCUT2D eigenvalue weighted by Crippen LogP contribution is -2.51. The largest absolute Gasteiger partial charge is 0.456 e. The summed E-state index contributed by atoms with van der Waals surface area (Å²) < 4.78 is 13.5. The third-order valence-corrected chi connectivity index (χ3v) is 16.1. The lowest BCUT2D eigenvalue weighted by molar-refractivity contribution is 0.487. The molecular formula is C58H36O2Si. The van der Waals surface area contributed by atoms with Gasteiger partial charge in [-0.2, -0.15) is 0 Å². The Bertz CT molecular complexity index is 3490. The Hall–Kier alpha value is -7.72. The molecule has 0 fully saturated rings. The van der Waals surface area contributed by atoms with Crippen LogP contribution in [0.15, 0.2) is 212 Å². The third kappa shape index (κ3) is 5.21. The van der Waals surface area contributed by atoms with Crippen LogP contribution in [0.3, 0.4) is 0 Å². The maximum Gasteiger partial charge on any atom is 0.135 e. The van der Waals surface area contributed by atoms with Crippen LogP contribution >= 0.6 is 0 Å². The van der Waals surface area contributed by atoms with Crippen LogP contribution in [0.2, 0.25) is 0 Å². The molecule has 2 nitrogen and oxygen atoms in total. The lowest BCUT2D eigenvalue weighted by atomic mass is 9.83. The van der Waals surface area contributed by atoms with Gasteiger partial charge in [-0.3, -0.25) is 0 Å². The fourth-order valence-electron chi connectivity index (χ4n) is 10.4. The van der Waals surface area contributed by atoms with Crippen molar-refractivity contribution in [1.82, 2.24) is 0 Å². The van der Waals surface area contributed by atoms with E-state index in [9.17, 15) is 0 Å². The maximum atomic E-state index is 6.83. The predicted octanol–water partition coefficient (Wildman–Crippen LogP) is 13.4. The minimum absolute atomic E-state index is 0.884. The molecule has 61 heavy (non-hydrogen) atoms. The van der Waals surface area contributed by atoms with E-state index in [2.05, 4.69) is 212 Å². The number of rotatable bonds is 5. The van der Waals surface area contributed by atoms with Crippen molar-refractivity contribution in [3.05, 3.63) is 212 Å². The van der Waals surface area contributed by atoms with Crippen molar-refractivity contribution in [3.63, 3.8) is 0 Å². The standard InChI is InChI=1S/C58H36O2Si/c1-3-16-38(17-4-1)61(39-18-5-2-6-19-39)40-29-32-51-50(35-40)48-26-13-25-47-49(31-33-53(59-51)58(47)48)57-45-22-9-7-20-43(45)55(44-21-8-10-23-46(44)57)37-28-30-41-42-24-11-14-36-15-12-27-52(56(36)42)60-54(41)34-37/h1-35,61H. The van der Waals surface area contributed by atoms with Gasteiger partial charge in [0.15, 0.2) is 0 Å². The van der Waals surface area contributed by atoms with E-state index in [4.69, 9.17) is 9.47 Å². The van der Waals surface area contributed by atoms with Crippen LogP contribution in [-0.2, 0) is 0 Å². The van der Waals surface area contributed by atoms with Crippen molar-refractivity contribution in [2.24, 2.45) is 0 Å². The second-order valence-corrected chi connectivity index (χ2v) is 19.1. The molecule has 0 bridgehead atoms. The maximum absolute atomic E-state index is 6.83. The average molecular weight is 793 g/mol. The van der Waals surface area contributed by atoms with E-state index in [1.807, 2.05) is 0 Å². The number of hydrogen-bond acceptors (Lipinski definition) is 2. The van der Waals surface area contributed by atoms with Crippen molar-refractivity contribution in [1.29, 1.82) is 0 Å². The van der Waals surface area contributed by atoms with Gasteiger partial charge in [0.05, 0.1) is 0 Å². The zero-order chi connectivity index (χ0) is 40.0. The van der Waals surface area contributed by atoms with E-state index < -0.39 is 8.80 Å². The molecule has 13 rings (SSSR count). The van der Waals surface area contributed by atoms with Gasteiger partial charge in [-0.1, -0.05) is 191 Å². The van der Waals surface area contributed by atoms with Crippen LogP contribution in [0, 0.1) is 0 Å². The van der Waals surface area contributed by atoms with Crippen molar-refractivity contribution in [2.45, 2.75) is 0 Å². The van der Waals surface area contributed by atoms with Gasteiger partial charge in [0.2, 0.25) is 0 Å². The Morgan fingerprint density at radius 2 is 0.820 bits per heavy atom. The Labute approximate surface area is 355 Å².